The highest BCUT2D eigenvalue weighted by Gasteiger charge is 2.36. The van der Waals surface area contributed by atoms with E-state index in [0.717, 1.165) is 10.7 Å². The third-order valence-electron chi connectivity index (χ3n) is 5.08. The number of ether oxygens (including phenoxy) is 1. The summed E-state index contributed by atoms with van der Waals surface area (Å²) in [6.07, 6.45) is -4.72. The number of methoxy groups -OCH3 is 1. The number of benzene rings is 2. The van der Waals surface area contributed by atoms with Crippen molar-refractivity contribution in [3.8, 4) is 23.0 Å². The number of amides is 1. The Morgan fingerprint density at radius 3 is 2.70 bits per heavy atom. The van der Waals surface area contributed by atoms with Gasteiger partial charge in [0.2, 0.25) is 5.91 Å². The molecule has 1 atom stereocenters. The van der Waals surface area contributed by atoms with E-state index < -0.39 is 17.9 Å². The highest BCUT2D eigenvalue weighted by Crippen LogP contribution is 2.35. The summed E-state index contributed by atoms with van der Waals surface area (Å²) < 4.78 is 52.6. The van der Waals surface area contributed by atoms with Gasteiger partial charge in [-0.3, -0.25) is 4.79 Å². The van der Waals surface area contributed by atoms with Crippen LogP contribution in [0.3, 0.4) is 0 Å². The number of alkyl halides is 3. The van der Waals surface area contributed by atoms with Crippen molar-refractivity contribution in [1.82, 2.24) is 25.3 Å². The SMILES string of the molecule is COc1ccc(Cl)cc1Nc1nnc(-c2cc(C(F)(F)F)nn2-c2cccc(CNC(=O)[C@H](C)N)c2)o1. The molecule has 0 aliphatic carbocycles. The predicted octanol–water partition coefficient (Wildman–Crippen LogP) is 4.31. The quantitative estimate of drug-likeness (QED) is 0.304. The van der Waals surface area contributed by atoms with Crippen molar-refractivity contribution < 1.29 is 27.1 Å². The fourth-order valence-electron chi connectivity index (χ4n) is 3.29. The maximum absolute atomic E-state index is 13.6. The Kier molecular flexibility index (Phi) is 7.36. The Labute approximate surface area is 213 Å². The van der Waals surface area contributed by atoms with Crippen LogP contribution in [0.25, 0.3) is 17.3 Å². The molecule has 0 saturated heterocycles. The lowest BCUT2D eigenvalue weighted by Gasteiger charge is -2.10. The summed E-state index contributed by atoms with van der Waals surface area (Å²) in [7, 11) is 1.46. The second-order valence-electron chi connectivity index (χ2n) is 7.88. The molecular weight excluding hydrogens is 515 g/mol. The van der Waals surface area contributed by atoms with Gasteiger partial charge >= 0.3 is 12.2 Å². The summed E-state index contributed by atoms with van der Waals surface area (Å²) in [6.45, 7) is 1.66. The van der Waals surface area contributed by atoms with Crippen molar-refractivity contribution >= 4 is 29.2 Å². The van der Waals surface area contributed by atoms with E-state index in [-0.39, 0.29) is 35.7 Å². The lowest BCUT2D eigenvalue weighted by molar-refractivity contribution is -0.141. The van der Waals surface area contributed by atoms with Gasteiger partial charge < -0.3 is 25.5 Å². The van der Waals surface area contributed by atoms with Crippen LogP contribution in [0, 0.1) is 0 Å². The molecule has 0 radical (unpaired) electrons. The van der Waals surface area contributed by atoms with Gasteiger partial charge in [0.25, 0.3) is 5.89 Å². The van der Waals surface area contributed by atoms with Gasteiger partial charge in [-0.1, -0.05) is 28.8 Å². The first kappa shape index (κ1) is 26.0. The molecule has 2 heterocycles. The van der Waals surface area contributed by atoms with Gasteiger partial charge in [0.15, 0.2) is 5.69 Å². The summed E-state index contributed by atoms with van der Waals surface area (Å²) in [5.74, 6) is -0.157. The number of rotatable bonds is 8. The van der Waals surface area contributed by atoms with Crippen LogP contribution in [0.15, 0.2) is 52.9 Å². The number of nitrogens with zero attached hydrogens (tertiary/aromatic N) is 4. The van der Waals surface area contributed by atoms with Crippen LogP contribution < -0.4 is 21.1 Å². The molecule has 14 heteroatoms. The van der Waals surface area contributed by atoms with Gasteiger partial charge in [-0.15, -0.1) is 5.10 Å². The van der Waals surface area contributed by atoms with Crippen molar-refractivity contribution in [2.75, 3.05) is 12.4 Å². The van der Waals surface area contributed by atoms with Crippen molar-refractivity contribution in [2.45, 2.75) is 25.7 Å². The summed E-state index contributed by atoms with van der Waals surface area (Å²) in [5.41, 5.74) is 5.61. The fraction of sp³-hybridized carbons (Fsp3) is 0.217. The third kappa shape index (κ3) is 6.01. The van der Waals surface area contributed by atoms with Crippen molar-refractivity contribution in [2.24, 2.45) is 5.73 Å². The molecule has 0 fully saturated rings. The lowest BCUT2D eigenvalue weighted by atomic mass is 10.2. The number of hydrogen-bond donors (Lipinski definition) is 3. The first-order valence-corrected chi connectivity index (χ1v) is 11.2. The minimum atomic E-state index is -4.72. The molecule has 2 aromatic heterocycles. The van der Waals surface area contributed by atoms with Gasteiger partial charge in [-0.25, -0.2) is 4.68 Å². The maximum Gasteiger partial charge on any atom is 0.435 e. The number of nitrogens with one attached hydrogen (secondary N) is 2. The van der Waals surface area contributed by atoms with E-state index in [1.165, 1.54) is 14.0 Å². The number of halogens is 4. The molecule has 4 N–H and O–H groups in total. The van der Waals surface area contributed by atoms with E-state index in [4.69, 9.17) is 26.5 Å². The number of hydrogen-bond acceptors (Lipinski definition) is 8. The van der Waals surface area contributed by atoms with Gasteiger partial charge in [-0.2, -0.15) is 18.3 Å². The van der Waals surface area contributed by atoms with Crippen LogP contribution in [-0.4, -0.2) is 39.0 Å². The van der Waals surface area contributed by atoms with Gasteiger partial charge in [0.05, 0.1) is 24.5 Å². The highest BCUT2D eigenvalue weighted by molar-refractivity contribution is 6.31. The van der Waals surface area contributed by atoms with E-state index in [2.05, 4.69) is 25.9 Å². The van der Waals surface area contributed by atoms with E-state index >= 15 is 0 Å². The van der Waals surface area contributed by atoms with Crippen molar-refractivity contribution in [1.29, 1.82) is 0 Å². The number of carbonyl (C=O) groups is 1. The molecule has 194 valence electrons. The molecule has 0 spiro atoms. The Hall–Kier alpha value is -4.10. The van der Waals surface area contributed by atoms with E-state index in [0.29, 0.717) is 22.0 Å². The molecule has 37 heavy (non-hydrogen) atoms. The summed E-state index contributed by atoms with van der Waals surface area (Å²) in [4.78, 5) is 11.8. The van der Waals surface area contributed by atoms with E-state index in [9.17, 15) is 18.0 Å². The average molecular weight is 536 g/mol. The monoisotopic (exact) mass is 535 g/mol. The van der Waals surface area contributed by atoms with Crippen LogP contribution in [-0.2, 0) is 17.5 Å². The largest absolute Gasteiger partial charge is 0.495 e. The summed E-state index contributed by atoms with van der Waals surface area (Å²) in [5, 5.41) is 17.4. The first-order valence-electron chi connectivity index (χ1n) is 10.8. The molecule has 0 bridgehead atoms. The Balaban J connectivity index is 1.68. The molecule has 0 aliphatic rings. The molecule has 0 unspecified atom stereocenters. The minimum Gasteiger partial charge on any atom is -0.495 e. The second kappa shape index (κ2) is 10.5. The zero-order valence-corrected chi connectivity index (χ0v) is 20.3. The van der Waals surface area contributed by atoms with Gasteiger partial charge in [0, 0.05) is 17.6 Å². The molecule has 4 aromatic rings. The minimum absolute atomic E-state index is 0.0947. The van der Waals surface area contributed by atoms with Crippen LogP contribution >= 0.6 is 11.6 Å². The van der Waals surface area contributed by atoms with E-state index in [1.807, 2.05) is 0 Å². The topological polar surface area (TPSA) is 133 Å². The first-order chi connectivity index (χ1) is 17.5. The highest BCUT2D eigenvalue weighted by atomic mass is 35.5. The van der Waals surface area contributed by atoms with Crippen LogP contribution in [0.1, 0.15) is 18.2 Å². The van der Waals surface area contributed by atoms with Gasteiger partial charge in [-0.05, 0) is 42.8 Å². The van der Waals surface area contributed by atoms with Crippen LogP contribution in [0.4, 0.5) is 24.9 Å². The number of anilines is 2. The number of carbonyl (C=O) groups excluding carboxylic acids is 1. The Morgan fingerprint density at radius 2 is 2.00 bits per heavy atom. The Bertz CT molecular complexity index is 1420. The van der Waals surface area contributed by atoms with Crippen LogP contribution in [0.2, 0.25) is 5.02 Å². The third-order valence-corrected chi connectivity index (χ3v) is 5.32. The molecule has 0 saturated carbocycles. The maximum atomic E-state index is 13.6. The molecule has 10 nitrogen and oxygen atoms in total. The molecular formula is C23H21ClF3N7O3. The number of nitrogens with two attached hydrogens (primary N) is 1. The second-order valence-corrected chi connectivity index (χ2v) is 8.32. The van der Waals surface area contributed by atoms with Gasteiger partial charge in [0.1, 0.15) is 11.4 Å². The average Bonchev–Trinajstić information content (AvgIpc) is 3.50. The van der Waals surface area contributed by atoms with E-state index in [1.54, 1.807) is 42.5 Å². The molecule has 0 aliphatic heterocycles. The standard InChI is InChI=1S/C23H21ClF3N7O3/c1-12(28)20(35)29-11-13-4-3-5-15(8-13)34-17(10-19(33-34)23(25,26)27)21-31-32-22(37-21)30-16-9-14(24)6-7-18(16)36-2/h3-10,12H,11,28H2,1-2H3,(H,29,35)(H,30,32)/t12-/m0/s1. The number of aromatic nitrogens is 4. The van der Waals surface area contributed by atoms with Crippen molar-refractivity contribution in [3.63, 3.8) is 0 Å². The fourth-order valence-corrected chi connectivity index (χ4v) is 3.46. The predicted molar refractivity (Wildman–Crippen MR) is 129 cm³/mol. The smallest absolute Gasteiger partial charge is 0.435 e. The molecule has 4 rings (SSSR count). The lowest BCUT2D eigenvalue weighted by Crippen LogP contribution is -2.37. The molecule has 2 aromatic carbocycles. The summed E-state index contributed by atoms with van der Waals surface area (Å²) >= 11 is 6.03. The Morgan fingerprint density at radius 1 is 1.22 bits per heavy atom. The molecule has 1 amide bonds. The normalized spacial score (nSPS) is 12.3. The van der Waals surface area contributed by atoms with Crippen molar-refractivity contribution in [3.05, 3.63) is 64.8 Å². The zero-order chi connectivity index (χ0) is 26.7. The summed E-state index contributed by atoms with van der Waals surface area (Å²) in [6, 6.07) is 11.2. The van der Waals surface area contributed by atoms with Crippen LogP contribution in [0.5, 0.6) is 5.75 Å². The zero-order valence-electron chi connectivity index (χ0n) is 19.5.